The fourth-order valence-electron chi connectivity index (χ4n) is 5.12. The number of ether oxygens (including phenoxy) is 1. The van der Waals surface area contributed by atoms with Gasteiger partial charge in [-0.15, -0.1) is 0 Å². The molecule has 3 aromatic rings. The van der Waals surface area contributed by atoms with Crippen molar-refractivity contribution in [3.8, 4) is 11.1 Å². The van der Waals surface area contributed by atoms with Crippen LogP contribution in [0.3, 0.4) is 0 Å². The number of hydrogen-bond acceptors (Lipinski definition) is 4. The number of morpholine rings is 1. The van der Waals surface area contributed by atoms with Gasteiger partial charge in [0, 0.05) is 24.4 Å². The van der Waals surface area contributed by atoms with Gasteiger partial charge in [0.05, 0.1) is 30.9 Å². The highest BCUT2D eigenvalue weighted by Crippen LogP contribution is 2.38. The van der Waals surface area contributed by atoms with Crippen molar-refractivity contribution < 1.29 is 14.6 Å². The van der Waals surface area contributed by atoms with Crippen LogP contribution < -0.4 is 0 Å². The van der Waals surface area contributed by atoms with E-state index >= 15 is 0 Å². The highest BCUT2D eigenvalue weighted by atomic mass is 16.5. The molecule has 5 nitrogen and oxygen atoms in total. The smallest absolute Gasteiger partial charge is 0.255 e. The van der Waals surface area contributed by atoms with Crippen molar-refractivity contribution in [1.29, 1.82) is 0 Å². The van der Waals surface area contributed by atoms with Crippen LogP contribution in [0, 0.1) is 0 Å². The summed E-state index contributed by atoms with van der Waals surface area (Å²) in [5, 5.41) is 11.4. The number of hydrogen-bond donors (Lipinski definition) is 1. The van der Waals surface area contributed by atoms with Crippen LogP contribution in [0.2, 0.25) is 0 Å². The van der Waals surface area contributed by atoms with Crippen LogP contribution in [-0.4, -0.2) is 51.8 Å². The van der Waals surface area contributed by atoms with E-state index in [1.165, 1.54) is 0 Å². The van der Waals surface area contributed by atoms with E-state index in [2.05, 4.69) is 4.98 Å². The van der Waals surface area contributed by atoms with Crippen molar-refractivity contribution in [3.05, 3.63) is 90.3 Å². The van der Waals surface area contributed by atoms with E-state index in [0.29, 0.717) is 38.0 Å². The standard InChI is InChI=1S/C26H26N2O3/c29-25(24-9-5-4-8-23(24)20-10-12-27-13-11-20)28-21-15-26(30,16-22(28)18-31-17-21)14-19-6-2-1-3-7-19/h1-13,21-22,30H,14-18H2. The summed E-state index contributed by atoms with van der Waals surface area (Å²) in [6.45, 7) is 0.910. The topological polar surface area (TPSA) is 62.7 Å². The number of rotatable bonds is 4. The Labute approximate surface area is 182 Å². The molecular formula is C26H26N2O3. The van der Waals surface area contributed by atoms with Crippen molar-refractivity contribution in [2.45, 2.75) is 36.9 Å². The minimum atomic E-state index is -0.831. The van der Waals surface area contributed by atoms with E-state index in [1.54, 1.807) is 12.4 Å². The Morgan fingerprint density at radius 2 is 1.61 bits per heavy atom. The lowest BCUT2D eigenvalue weighted by molar-refractivity contribution is -0.126. The SMILES string of the molecule is O=C(c1ccccc1-c1ccncc1)N1C2COCC1CC(O)(Cc1ccccc1)C2. The Morgan fingerprint density at radius 1 is 0.968 bits per heavy atom. The molecule has 0 radical (unpaired) electrons. The minimum Gasteiger partial charge on any atom is -0.389 e. The molecule has 5 rings (SSSR count). The van der Waals surface area contributed by atoms with Crippen LogP contribution >= 0.6 is 0 Å². The Hall–Kier alpha value is -3.02. The summed E-state index contributed by atoms with van der Waals surface area (Å²) in [7, 11) is 0. The lowest BCUT2D eigenvalue weighted by atomic mass is 9.77. The van der Waals surface area contributed by atoms with Crippen LogP contribution in [0.25, 0.3) is 11.1 Å². The summed E-state index contributed by atoms with van der Waals surface area (Å²) in [6.07, 6.45) is 5.10. The van der Waals surface area contributed by atoms with Crippen molar-refractivity contribution in [2.75, 3.05) is 13.2 Å². The first-order valence-electron chi connectivity index (χ1n) is 10.8. The number of pyridine rings is 1. The van der Waals surface area contributed by atoms with E-state index < -0.39 is 5.60 Å². The van der Waals surface area contributed by atoms with Gasteiger partial charge in [0.25, 0.3) is 5.91 Å². The first-order chi connectivity index (χ1) is 15.1. The second-order valence-corrected chi connectivity index (χ2v) is 8.63. The molecule has 2 fully saturated rings. The number of benzene rings is 2. The van der Waals surface area contributed by atoms with E-state index in [0.717, 1.165) is 16.7 Å². The van der Waals surface area contributed by atoms with E-state index in [-0.39, 0.29) is 18.0 Å². The molecule has 0 saturated carbocycles. The number of carbonyl (C=O) groups excluding carboxylic acids is 1. The summed E-state index contributed by atoms with van der Waals surface area (Å²) < 4.78 is 5.80. The van der Waals surface area contributed by atoms with Crippen LogP contribution in [0.5, 0.6) is 0 Å². The third kappa shape index (κ3) is 3.99. The molecule has 2 aromatic carbocycles. The van der Waals surface area contributed by atoms with Gasteiger partial charge < -0.3 is 14.7 Å². The van der Waals surface area contributed by atoms with Crippen molar-refractivity contribution in [3.63, 3.8) is 0 Å². The number of aromatic nitrogens is 1. The van der Waals surface area contributed by atoms with Crippen molar-refractivity contribution in [2.24, 2.45) is 0 Å². The van der Waals surface area contributed by atoms with Gasteiger partial charge >= 0.3 is 0 Å². The van der Waals surface area contributed by atoms with Crippen LogP contribution in [0.1, 0.15) is 28.8 Å². The molecule has 31 heavy (non-hydrogen) atoms. The van der Waals surface area contributed by atoms with Gasteiger partial charge in [0.2, 0.25) is 0 Å². The number of nitrogens with zero attached hydrogens (tertiary/aromatic N) is 2. The fourth-order valence-corrected chi connectivity index (χ4v) is 5.12. The Kier molecular flexibility index (Phi) is 5.30. The molecule has 1 amide bonds. The maximum absolute atomic E-state index is 13.7. The second kappa shape index (κ2) is 8.25. The predicted molar refractivity (Wildman–Crippen MR) is 119 cm³/mol. The molecule has 2 unspecified atom stereocenters. The molecular weight excluding hydrogens is 388 g/mol. The summed E-state index contributed by atoms with van der Waals surface area (Å²) in [5.41, 5.74) is 2.84. The third-order valence-electron chi connectivity index (χ3n) is 6.40. The maximum Gasteiger partial charge on any atom is 0.255 e. The number of aliphatic hydroxyl groups is 1. The van der Waals surface area contributed by atoms with E-state index in [4.69, 9.17) is 4.74 Å². The quantitative estimate of drug-likeness (QED) is 0.707. The molecule has 0 aliphatic carbocycles. The number of piperidine rings is 1. The zero-order valence-corrected chi connectivity index (χ0v) is 17.4. The van der Waals surface area contributed by atoms with E-state index in [1.807, 2.05) is 71.6 Å². The molecule has 1 aromatic heterocycles. The average molecular weight is 415 g/mol. The van der Waals surface area contributed by atoms with Gasteiger partial charge in [-0.1, -0.05) is 48.5 Å². The van der Waals surface area contributed by atoms with Gasteiger partial charge in [-0.3, -0.25) is 9.78 Å². The normalized spacial score (nSPS) is 25.3. The molecule has 2 aliphatic heterocycles. The molecule has 2 atom stereocenters. The predicted octanol–water partition coefficient (Wildman–Crippen LogP) is 3.73. The van der Waals surface area contributed by atoms with Gasteiger partial charge in [0.1, 0.15) is 0 Å². The average Bonchev–Trinajstić information content (AvgIpc) is 2.79. The van der Waals surface area contributed by atoms with E-state index in [9.17, 15) is 9.90 Å². The molecule has 2 aliphatic rings. The summed E-state index contributed by atoms with van der Waals surface area (Å²) in [6, 6.07) is 21.4. The molecule has 2 saturated heterocycles. The lowest BCUT2D eigenvalue weighted by Crippen LogP contribution is -2.63. The maximum atomic E-state index is 13.7. The monoisotopic (exact) mass is 414 g/mol. The van der Waals surface area contributed by atoms with Crippen LogP contribution in [0.4, 0.5) is 0 Å². The summed E-state index contributed by atoms with van der Waals surface area (Å²) in [5.74, 6) is 0.00692. The fraction of sp³-hybridized carbons (Fsp3) is 0.308. The molecule has 1 N–H and O–H groups in total. The zero-order chi connectivity index (χ0) is 21.3. The second-order valence-electron chi connectivity index (χ2n) is 8.63. The first kappa shape index (κ1) is 19.9. The van der Waals surface area contributed by atoms with Gasteiger partial charge in [0.15, 0.2) is 0 Å². The third-order valence-corrected chi connectivity index (χ3v) is 6.40. The molecule has 158 valence electrons. The van der Waals surface area contributed by atoms with Crippen LogP contribution in [0.15, 0.2) is 79.1 Å². The zero-order valence-electron chi connectivity index (χ0n) is 17.4. The largest absolute Gasteiger partial charge is 0.389 e. The van der Waals surface area contributed by atoms with Gasteiger partial charge in [-0.25, -0.2) is 0 Å². The molecule has 2 bridgehead atoms. The highest BCUT2D eigenvalue weighted by Gasteiger charge is 2.48. The number of amides is 1. The lowest BCUT2D eigenvalue weighted by Gasteiger charge is -2.51. The summed E-state index contributed by atoms with van der Waals surface area (Å²) in [4.78, 5) is 19.8. The van der Waals surface area contributed by atoms with Gasteiger partial charge in [-0.05, 0) is 47.7 Å². The number of carbonyl (C=O) groups is 1. The first-order valence-corrected chi connectivity index (χ1v) is 10.8. The molecule has 3 heterocycles. The number of fused-ring (bicyclic) bond motifs is 2. The van der Waals surface area contributed by atoms with Crippen LogP contribution in [-0.2, 0) is 11.2 Å². The Balaban J connectivity index is 1.43. The van der Waals surface area contributed by atoms with Crippen molar-refractivity contribution in [1.82, 2.24) is 9.88 Å². The minimum absolute atomic E-state index is 0.00692. The van der Waals surface area contributed by atoms with Crippen molar-refractivity contribution >= 4 is 5.91 Å². The molecule has 5 heteroatoms. The molecule has 0 spiro atoms. The summed E-state index contributed by atoms with van der Waals surface area (Å²) >= 11 is 0. The Bertz CT molecular complexity index is 1040. The Morgan fingerprint density at radius 3 is 2.32 bits per heavy atom. The highest BCUT2D eigenvalue weighted by molar-refractivity contribution is 6.01. The van der Waals surface area contributed by atoms with Gasteiger partial charge in [-0.2, -0.15) is 0 Å².